The minimum atomic E-state index is -5.04. The zero-order valence-electron chi connectivity index (χ0n) is 22.2. The minimum absolute atomic E-state index is 0.116. The van der Waals surface area contributed by atoms with Crippen LogP contribution in [0.1, 0.15) is 65.7 Å². The highest BCUT2D eigenvalue weighted by Crippen LogP contribution is 2.46. The van der Waals surface area contributed by atoms with E-state index < -0.39 is 61.7 Å². The highest BCUT2D eigenvalue weighted by atomic mass is 28.3. The molecule has 4 unspecified atom stereocenters. The van der Waals surface area contributed by atoms with E-state index in [2.05, 4.69) is 16.7 Å². The van der Waals surface area contributed by atoms with Gasteiger partial charge in [0.05, 0.1) is 20.1 Å². The first-order valence-corrected chi connectivity index (χ1v) is 16.3. The highest BCUT2D eigenvalue weighted by Gasteiger charge is 2.55. The third-order valence-electron chi connectivity index (χ3n) is 9.05. The molecule has 2 spiro atoms. The van der Waals surface area contributed by atoms with Crippen molar-refractivity contribution in [2.45, 2.75) is 108 Å². The predicted molar refractivity (Wildman–Crippen MR) is 134 cm³/mol. The molecule has 0 radical (unpaired) electrons. The molecular weight excluding hydrogens is 517 g/mol. The van der Waals surface area contributed by atoms with E-state index >= 15 is 0 Å². The van der Waals surface area contributed by atoms with Crippen molar-refractivity contribution in [1.82, 2.24) is 15.5 Å². The van der Waals surface area contributed by atoms with E-state index in [1.807, 2.05) is 0 Å². The first-order chi connectivity index (χ1) is 17.6. The van der Waals surface area contributed by atoms with Crippen LogP contribution in [0.4, 0.5) is 13.2 Å². The van der Waals surface area contributed by atoms with Gasteiger partial charge >= 0.3 is 6.18 Å². The zero-order valence-corrected chi connectivity index (χ0v) is 23.2. The SMILES string of the molecule is CC(C)(C)C(CC(=O)C(F)(F)F)C(=O)N1C[Si]2(CCCC2)CC1C(=O)NC(C#N)CC1CC2(CC2)NC1=O. The molecule has 3 aliphatic heterocycles. The molecular formula is C26H37F3N4O4Si. The molecule has 3 saturated heterocycles. The maximum Gasteiger partial charge on any atom is 0.449 e. The minimum Gasteiger partial charge on any atom is -0.350 e. The van der Waals surface area contributed by atoms with Crippen LogP contribution < -0.4 is 10.6 Å². The zero-order chi connectivity index (χ0) is 28.1. The Balaban J connectivity index is 1.52. The monoisotopic (exact) mass is 554 g/mol. The molecule has 4 fully saturated rings. The Labute approximate surface area is 222 Å². The summed E-state index contributed by atoms with van der Waals surface area (Å²) in [5, 5.41) is 15.5. The third kappa shape index (κ3) is 5.92. The number of nitriles is 1. The van der Waals surface area contributed by atoms with Crippen molar-refractivity contribution in [2.75, 3.05) is 6.17 Å². The molecule has 1 saturated carbocycles. The lowest BCUT2D eigenvalue weighted by molar-refractivity contribution is -0.174. The van der Waals surface area contributed by atoms with Gasteiger partial charge in [0.25, 0.3) is 0 Å². The summed E-state index contributed by atoms with van der Waals surface area (Å²) in [5.74, 6) is -4.79. The first-order valence-electron chi connectivity index (χ1n) is 13.5. The van der Waals surface area contributed by atoms with Gasteiger partial charge in [0.2, 0.25) is 23.5 Å². The van der Waals surface area contributed by atoms with Gasteiger partial charge in [-0.1, -0.05) is 45.7 Å². The Morgan fingerprint density at radius 3 is 2.34 bits per heavy atom. The number of carbonyl (C=O) groups is 4. The molecule has 210 valence electrons. The number of amides is 3. The van der Waals surface area contributed by atoms with Gasteiger partial charge in [-0.25, -0.2) is 0 Å². The molecule has 3 amide bonds. The molecule has 4 aliphatic rings. The maximum atomic E-state index is 13.8. The number of nitrogens with one attached hydrogen (secondary N) is 2. The van der Waals surface area contributed by atoms with E-state index in [1.54, 1.807) is 20.8 Å². The largest absolute Gasteiger partial charge is 0.449 e. The lowest BCUT2D eigenvalue weighted by Crippen LogP contribution is -2.52. The van der Waals surface area contributed by atoms with Gasteiger partial charge in [-0.3, -0.25) is 19.2 Å². The molecule has 3 heterocycles. The second kappa shape index (κ2) is 9.95. The number of ketones is 1. The average Bonchev–Trinajstić information content (AvgIpc) is 3.15. The second-order valence-corrected chi connectivity index (χ2v) is 17.8. The molecule has 12 heteroatoms. The van der Waals surface area contributed by atoms with E-state index in [1.165, 1.54) is 4.90 Å². The smallest absolute Gasteiger partial charge is 0.350 e. The van der Waals surface area contributed by atoms with Crippen molar-refractivity contribution < 1.29 is 32.3 Å². The van der Waals surface area contributed by atoms with E-state index in [-0.39, 0.29) is 23.8 Å². The topological polar surface area (TPSA) is 119 Å². The van der Waals surface area contributed by atoms with Gasteiger partial charge in [-0.05, 0) is 37.1 Å². The molecule has 8 nitrogen and oxygen atoms in total. The van der Waals surface area contributed by atoms with Crippen molar-refractivity contribution in [3.05, 3.63) is 0 Å². The van der Waals surface area contributed by atoms with Crippen LogP contribution in [0.5, 0.6) is 0 Å². The molecule has 0 aromatic rings. The van der Waals surface area contributed by atoms with Crippen LogP contribution in [0.25, 0.3) is 0 Å². The highest BCUT2D eigenvalue weighted by molar-refractivity contribution is 6.82. The molecule has 0 aromatic carbocycles. The number of hydrogen-bond donors (Lipinski definition) is 2. The number of rotatable bonds is 7. The van der Waals surface area contributed by atoms with Crippen LogP contribution >= 0.6 is 0 Å². The number of carbonyl (C=O) groups excluding carboxylic acids is 4. The van der Waals surface area contributed by atoms with Crippen LogP contribution in [-0.2, 0) is 19.2 Å². The summed E-state index contributed by atoms with van der Waals surface area (Å²) >= 11 is 0. The molecule has 1 aliphatic carbocycles. The Hall–Kier alpha value is -2.42. The predicted octanol–water partition coefficient (Wildman–Crippen LogP) is 3.23. The second-order valence-electron chi connectivity index (χ2n) is 13.0. The van der Waals surface area contributed by atoms with Crippen LogP contribution in [0, 0.1) is 28.6 Å². The fourth-order valence-corrected chi connectivity index (χ4v) is 12.0. The van der Waals surface area contributed by atoms with E-state index in [9.17, 15) is 37.6 Å². The first kappa shape index (κ1) is 28.6. The average molecular weight is 555 g/mol. The Kier molecular flexibility index (Phi) is 7.49. The molecule has 0 aromatic heterocycles. The summed E-state index contributed by atoms with van der Waals surface area (Å²) < 4.78 is 39.4. The summed E-state index contributed by atoms with van der Waals surface area (Å²) in [6.07, 6.45) is -1.01. The number of hydrogen-bond acceptors (Lipinski definition) is 5. The number of alkyl halides is 3. The molecule has 4 atom stereocenters. The Morgan fingerprint density at radius 2 is 1.84 bits per heavy atom. The fraction of sp³-hybridized carbons (Fsp3) is 0.808. The van der Waals surface area contributed by atoms with Gasteiger partial charge in [0, 0.05) is 24.0 Å². The van der Waals surface area contributed by atoms with Gasteiger partial charge in [-0.2, -0.15) is 18.4 Å². The summed E-state index contributed by atoms with van der Waals surface area (Å²) in [6, 6.07) is 2.64. The van der Waals surface area contributed by atoms with Crippen LogP contribution in [0.2, 0.25) is 18.1 Å². The lowest BCUT2D eigenvalue weighted by atomic mass is 9.76. The van der Waals surface area contributed by atoms with Gasteiger partial charge in [0.1, 0.15) is 12.1 Å². The Morgan fingerprint density at radius 1 is 1.21 bits per heavy atom. The van der Waals surface area contributed by atoms with Gasteiger partial charge < -0.3 is 15.5 Å². The van der Waals surface area contributed by atoms with Crippen LogP contribution in [0.3, 0.4) is 0 Å². The van der Waals surface area contributed by atoms with Crippen molar-refractivity contribution in [1.29, 1.82) is 5.26 Å². The standard InChI is InChI=1S/C26H37F3N4O4Si/c1-24(2,3)18(11-20(34)26(27,28)29)23(37)33-15-38(8-4-5-9-38)14-19(33)22(36)31-17(13-30)10-16-12-25(6-7-25)32-21(16)35/h16-19H,4-12,14-15H2,1-3H3,(H,31,36)(H,32,35). The molecule has 0 bridgehead atoms. The quantitative estimate of drug-likeness (QED) is 0.469. The third-order valence-corrected chi connectivity index (χ3v) is 14.1. The summed E-state index contributed by atoms with van der Waals surface area (Å²) in [5.41, 5.74) is -1.09. The Bertz CT molecular complexity index is 1040. The summed E-state index contributed by atoms with van der Waals surface area (Å²) in [6.45, 7) is 4.87. The van der Waals surface area contributed by atoms with Crippen molar-refractivity contribution >= 4 is 31.6 Å². The number of nitrogens with zero attached hydrogens (tertiary/aromatic N) is 2. The van der Waals surface area contributed by atoms with Crippen LogP contribution in [-0.4, -0.2) is 66.4 Å². The molecule has 4 rings (SSSR count). The lowest BCUT2D eigenvalue weighted by Gasteiger charge is -2.35. The number of halogens is 3. The van der Waals surface area contributed by atoms with Crippen molar-refractivity contribution in [2.24, 2.45) is 17.3 Å². The summed E-state index contributed by atoms with van der Waals surface area (Å²) in [7, 11) is -2.03. The van der Waals surface area contributed by atoms with E-state index in [0.29, 0.717) is 18.6 Å². The van der Waals surface area contributed by atoms with Gasteiger partial charge in [0.15, 0.2) is 0 Å². The van der Waals surface area contributed by atoms with E-state index in [4.69, 9.17) is 0 Å². The fourth-order valence-electron chi connectivity index (χ4n) is 6.62. The normalized spacial score (nSPS) is 27.2. The number of Topliss-reactive ketones (excluding diaryl/α,β-unsaturated/α-hetero) is 1. The van der Waals surface area contributed by atoms with Crippen molar-refractivity contribution in [3.8, 4) is 6.07 Å². The van der Waals surface area contributed by atoms with Gasteiger partial charge in [-0.15, -0.1) is 0 Å². The van der Waals surface area contributed by atoms with E-state index in [0.717, 1.165) is 37.8 Å². The summed E-state index contributed by atoms with van der Waals surface area (Å²) in [4.78, 5) is 53.0. The molecule has 38 heavy (non-hydrogen) atoms. The van der Waals surface area contributed by atoms with Crippen molar-refractivity contribution in [3.63, 3.8) is 0 Å². The molecule has 2 N–H and O–H groups in total. The van der Waals surface area contributed by atoms with Crippen LogP contribution in [0.15, 0.2) is 0 Å². The maximum absolute atomic E-state index is 13.8.